The fourth-order valence-corrected chi connectivity index (χ4v) is 2.25. The Hall–Kier alpha value is -2.21. The molecule has 0 spiro atoms. The number of ether oxygens (including phenoxy) is 2. The van der Waals surface area contributed by atoms with Crippen LogP contribution in [0.4, 0.5) is 5.88 Å². The van der Waals surface area contributed by atoms with Crippen LogP contribution in [-0.4, -0.2) is 43.4 Å². The molecule has 0 radical (unpaired) electrons. The lowest BCUT2D eigenvalue weighted by atomic mass is 10.1. The highest BCUT2D eigenvalue weighted by atomic mass is 16.5. The van der Waals surface area contributed by atoms with E-state index in [1.54, 1.807) is 13.2 Å². The molecule has 0 bridgehead atoms. The molecule has 3 rings (SSSR count). The van der Waals surface area contributed by atoms with Crippen molar-refractivity contribution in [3.05, 3.63) is 24.3 Å². The SMILES string of the molecule is COc1ccc(-c2cc(N)on2)cc1OC1CN(C)C1. The van der Waals surface area contributed by atoms with E-state index in [2.05, 4.69) is 17.1 Å². The largest absolute Gasteiger partial charge is 0.493 e. The third kappa shape index (κ3) is 2.42. The average Bonchev–Trinajstić information content (AvgIpc) is 2.83. The molecule has 2 aromatic rings. The first-order chi connectivity index (χ1) is 9.65. The lowest BCUT2D eigenvalue weighted by molar-refractivity contribution is 0.0370. The first-order valence-corrected chi connectivity index (χ1v) is 6.41. The summed E-state index contributed by atoms with van der Waals surface area (Å²) in [6, 6.07) is 7.34. The first kappa shape index (κ1) is 12.8. The minimum Gasteiger partial charge on any atom is -0.493 e. The second-order valence-electron chi connectivity index (χ2n) is 4.94. The van der Waals surface area contributed by atoms with Crippen molar-refractivity contribution in [1.82, 2.24) is 10.1 Å². The Kier molecular flexibility index (Phi) is 3.23. The number of hydrogen-bond acceptors (Lipinski definition) is 6. The summed E-state index contributed by atoms with van der Waals surface area (Å²) in [5.41, 5.74) is 7.11. The zero-order valence-electron chi connectivity index (χ0n) is 11.5. The Morgan fingerprint density at radius 1 is 1.30 bits per heavy atom. The van der Waals surface area contributed by atoms with E-state index in [4.69, 9.17) is 19.7 Å². The van der Waals surface area contributed by atoms with E-state index in [9.17, 15) is 0 Å². The number of nitrogens with two attached hydrogens (primary N) is 1. The molecule has 1 aromatic heterocycles. The van der Waals surface area contributed by atoms with Crippen molar-refractivity contribution in [3.63, 3.8) is 0 Å². The van der Waals surface area contributed by atoms with Gasteiger partial charge < -0.3 is 19.7 Å². The number of nitrogens with zero attached hydrogens (tertiary/aromatic N) is 2. The minimum absolute atomic E-state index is 0.200. The van der Waals surface area contributed by atoms with Crippen LogP contribution in [0.15, 0.2) is 28.8 Å². The van der Waals surface area contributed by atoms with E-state index in [0.717, 1.165) is 18.7 Å². The molecule has 0 saturated carbocycles. The van der Waals surface area contributed by atoms with Gasteiger partial charge in [0, 0.05) is 24.7 Å². The molecule has 6 nitrogen and oxygen atoms in total. The molecular formula is C14H17N3O3. The molecule has 1 aromatic carbocycles. The number of methoxy groups -OCH3 is 1. The highest BCUT2D eigenvalue weighted by molar-refractivity contribution is 5.65. The van der Waals surface area contributed by atoms with Crippen molar-refractivity contribution < 1.29 is 14.0 Å². The van der Waals surface area contributed by atoms with Crippen LogP contribution in [0.25, 0.3) is 11.3 Å². The number of likely N-dealkylation sites (N-methyl/N-ethyl adjacent to an activating group) is 1. The zero-order chi connectivity index (χ0) is 14.1. The highest BCUT2D eigenvalue weighted by Gasteiger charge is 2.26. The summed E-state index contributed by atoms with van der Waals surface area (Å²) in [6.07, 6.45) is 0.200. The van der Waals surface area contributed by atoms with E-state index >= 15 is 0 Å². The van der Waals surface area contributed by atoms with Crippen LogP contribution in [0.2, 0.25) is 0 Å². The lowest BCUT2D eigenvalue weighted by Crippen LogP contribution is -2.51. The third-order valence-electron chi connectivity index (χ3n) is 3.31. The van der Waals surface area contributed by atoms with Gasteiger partial charge in [0.15, 0.2) is 11.5 Å². The molecule has 1 saturated heterocycles. The topological polar surface area (TPSA) is 73.8 Å². The van der Waals surface area contributed by atoms with Gasteiger partial charge in [0.05, 0.1) is 7.11 Å². The molecule has 1 aliphatic rings. The van der Waals surface area contributed by atoms with Crippen LogP contribution in [0.5, 0.6) is 11.5 Å². The van der Waals surface area contributed by atoms with E-state index in [0.29, 0.717) is 23.1 Å². The molecule has 0 amide bonds. The van der Waals surface area contributed by atoms with Gasteiger partial charge in [0.25, 0.3) is 0 Å². The number of hydrogen-bond donors (Lipinski definition) is 1. The van der Waals surface area contributed by atoms with E-state index in [1.165, 1.54) is 0 Å². The second-order valence-corrected chi connectivity index (χ2v) is 4.94. The van der Waals surface area contributed by atoms with Gasteiger partial charge >= 0.3 is 0 Å². The van der Waals surface area contributed by atoms with E-state index in [1.807, 2.05) is 18.2 Å². The van der Waals surface area contributed by atoms with Gasteiger partial charge in [-0.1, -0.05) is 5.16 Å². The van der Waals surface area contributed by atoms with Gasteiger partial charge in [-0.25, -0.2) is 0 Å². The van der Waals surface area contributed by atoms with Gasteiger partial charge in [0.1, 0.15) is 11.8 Å². The summed E-state index contributed by atoms with van der Waals surface area (Å²) in [5.74, 6) is 1.71. The van der Waals surface area contributed by atoms with Gasteiger partial charge in [-0.15, -0.1) is 0 Å². The molecule has 20 heavy (non-hydrogen) atoms. The second kappa shape index (κ2) is 5.05. The minimum atomic E-state index is 0.200. The van der Waals surface area contributed by atoms with Gasteiger partial charge in [0.2, 0.25) is 5.88 Å². The number of rotatable bonds is 4. The zero-order valence-corrected chi connectivity index (χ0v) is 11.5. The summed E-state index contributed by atoms with van der Waals surface area (Å²) in [6.45, 7) is 1.84. The number of benzene rings is 1. The van der Waals surface area contributed by atoms with E-state index in [-0.39, 0.29) is 6.10 Å². The number of aromatic nitrogens is 1. The van der Waals surface area contributed by atoms with Crippen molar-refractivity contribution in [2.75, 3.05) is 33.0 Å². The molecule has 0 atom stereocenters. The van der Waals surface area contributed by atoms with Crippen molar-refractivity contribution in [2.45, 2.75) is 6.10 Å². The Morgan fingerprint density at radius 2 is 2.10 bits per heavy atom. The van der Waals surface area contributed by atoms with Crippen LogP contribution in [0.3, 0.4) is 0 Å². The smallest absolute Gasteiger partial charge is 0.222 e. The van der Waals surface area contributed by atoms with Gasteiger partial charge in [-0.05, 0) is 25.2 Å². The van der Waals surface area contributed by atoms with Crippen molar-refractivity contribution in [1.29, 1.82) is 0 Å². The lowest BCUT2D eigenvalue weighted by Gasteiger charge is -2.36. The number of likely N-dealkylation sites (tertiary alicyclic amines) is 1. The maximum atomic E-state index is 5.96. The van der Waals surface area contributed by atoms with E-state index < -0.39 is 0 Å². The van der Waals surface area contributed by atoms with Gasteiger partial charge in [-0.3, -0.25) is 4.90 Å². The predicted molar refractivity (Wildman–Crippen MR) is 74.8 cm³/mol. The molecule has 1 fully saturated rings. The number of anilines is 1. The first-order valence-electron chi connectivity index (χ1n) is 6.41. The quantitative estimate of drug-likeness (QED) is 0.914. The maximum Gasteiger partial charge on any atom is 0.222 e. The number of nitrogen functional groups attached to an aromatic ring is 1. The van der Waals surface area contributed by atoms with Crippen LogP contribution in [-0.2, 0) is 0 Å². The maximum absolute atomic E-state index is 5.96. The normalized spacial score (nSPS) is 15.9. The Morgan fingerprint density at radius 3 is 2.70 bits per heavy atom. The summed E-state index contributed by atoms with van der Waals surface area (Å²) >= 11 is 0. The van der Waals surface area contributed by atoms with Crippen molar-refractivity contribution >= 4 is 5.88 Å². The third-order valence-corrected chi connectivity index (χ3v) is 3.31. The fourth-order valence-electron chi connectivity index (χ4n) is 2.25. The van der Waals surface area contributed by atoms with Crippen molar-refractivity contribution in [3.8, 4) is 22.8 Å². The Bertz CT molecular complexity index is 605. The standard InChI is InChI=1S/C14H17N3O3/c1-17-7-10(8-17)19-13-5-9(3-4-12(13)18-2)11-6-14(15)20-16-11/h3-6,10H,7-8,15H2,1-2H3. The summed E-state index contributed by atoms with van der Waals surface area (Å²) in [5, 5.41) is 3.90. The van der Waals surface area contributed by atoms with Crippen LogP contribution >= 0.6 is 0 Å². The predicted octanol–water partition coefficient (Wildman–Crippen LogP) is 1.63. The molecule has 0 unspecified atom stereocenters. The van der Waals surface area contributed by atoms with Crippen LogP contribution in [0, 0.1) is 0 Å². The van der Waals surface area contributed by atoms with Crippen LogP contribution in [0.1, 0.15) is 0 Å². The molecular weight excluding hydrogens is 258 g/mol. The van der Waals surface area contributed by atoms with Crippen LogP contribution < -0.4 is 15.2 Å². The average molecular weight is 275 g/mol. The molecule has 6 heteroatoms. The monoisotopic (exact) mass is 275 g/mol. The Balaban J connectivity index is 1.86. The fraction of sp³-hybridized carbons (Fsp3) is 0.357. The summed E-state index contributed by atoms with van der Waals surface area (Å²) in [7, 11) is 3.69. The summed E-state index contributed by atoms with van der Waals surface area (Å²) < 4.78 is 16.2. The highest BCUT2D eigenvalue weighted by Crippen LogP contribution is 2.34. The molecule has 0 aliphatic carbocycles. The Labute approximate surface area is 117 Å². The molecule has 2 heterocycles. The molecule has 2 N–H and O–H groups in total. The summed E-state index contributed by atoms with van der Waals surface area (Å²) in [4.78, 5) is 2.19. The molecule has 106 valence electrons. The van der Waals surface area contributed by atoms with Gasteiger partial charge in [-0.2, -0.15) is 0 Å². The van der Waals surface area contributed by atoms with Crippen molar-refractivity contribution in [2.24, 2.45) is 0 Å². The molecule has 1 aliphatic heterocycles.